The summed E-state index contributed by atoms with van der Waals surface area (Å²) in [6, 6.07) is 18.5. The van der Waals surface area contributed by atoms with E-state index in [1.807, 2.05) is 65.0 Å². The lowest BCUT2D eigenvalue weighted by Crippen LogP contribution is -2.22. The Balaban J connectivity index is 0.00000184. The lowest BCUT2D eigenvalue weighted by Gasteiger charge is -2.29. The highest BCUT2D eigenvalue weighted by Crippen LogP contribution is 2.34. The fourth-order valence-corrected chi connectivity index (χ4v) is 3.12. The first kappa shape index (κ1) is 26.6. The predicted molar refractivity (Wildman–Crippen MR) is 133 cm³/mol. The van der Waals surface area contributed by atoms with E-state index in [0.717, 1.165) is 35.1 Å². The fourth-order valence-electron chi connectivity index (χ4n) is 3.12. The van der Waals surface area contributed by atoms with Crippen LogP contribution in [0.4, 0.5) is 0 Å². The van der Waals surface area contributed by atoms with Gasteiger partial charge < -0.3 is 5.41 Å². The molecular formula is C28H41N. The molecule has 2 rings (SSSR count). The van der Waals surface area contributed by atoms with E-state index in [1.54, 1.807) is 0 Å². The highest BCUT2D eigenvalue weighted by Gasteiger charge is 2.25. The molecule has 2 aromatic carbocycles. The zero-order chi connectivity index (χ0) is 22.4. The molecule has 0 aromatic heterocycles. The van der Waals surface area contributed by atoms with Crippen molar-refractivity contribution in [3.63, 3.8) is 0 Å². The van der Waals surface area contributed by atoms with Crippen molar-refractivity contribution >= 4 is 11.3 Å². The van der Waals surface area contributed by atoms with Crippen molar-refractivity contribution in [1.82, 2.24) is 0 Å². The van der Waals surface area contributed by atoms with E-state index in [0.29, 0.717) is 5.71 Å². The van der Waals surface area contributed by atoms with E-state index in [1.165, 1.54) is 5.56 Å². The van der Waals surface area contributed by atoms with E-state index < -0.39 is 0 Å². The second kappa shape index (κ2) is 13.7. The van der Waals surface area contributed by atoms with Crippen LogP contribution in [0.2, 0.25) is 0 Å². The third-order valence-corrected chi connectivity index (χ3v) is 5.39. The smallest absolute Gasteiger partial charge is 0.0618 e. The molecule has 0 saturated carbocycles. The van der Waals surface area contributed by atoms with Gasteiger partial charge in [-0.1, -0.05) is 110 Å². The van der Waals surface area contributed by atoms with Crippen LogP contribution in [-0.2, 0) is 5.41 Å². The van der Waals surface area contributed by atoms with Crippen LogP contribution < -0.4 is 0 Å². The summed E-state index contributed by atoms with van der Waals surface area (Å²) in [5.74, 6) is 0. The molecule has 0 bridgehead atoms. The Kier molecular flexibility index (Phi) is 12.6. The molecule has 0 aliphatic rings. The van der Waals surface area contributed by atoms with Gasteiger partial charge >= 0.3 is 0 Å². The van der Waals surface area contributed by atoms with Gasteiger partial charge in [-0.3, -0.25) is 0 Å². The molecule has 0 radical (unpaired) electrons. The Morgan fingerprint density at radius 1 is 0.897 bits per heavy atom. The summed E-state index contributed by atoms with van der Waals surface area (Å²) in [7, 11) is 0. The maximum atomic E-state index is 8.67. The van der Waals surface area contributed by atoms with E-state index in [2.05, 4.69) is 57.7 Å². The van der Waals surface area contributed by atoms with Gasteiger partial charge in [0.2, 0.25) is 0 Å². The number of allylic oxidation sites excluding steroid dienone is 3. The first-order valence-electron chi connectivity index (χ1n) is 11.0. The molecular weight excluding hydrogens is 350 g/mol. The number of benzene rings is 2. The maximum Gasteiger partial charge on any atom is 0.0618 e. The standard InChI is InChI=1S/C24H29N.2C2H6/c1-6-24(5,7-2)22-16-12-11-15-21(22)23(25)17-18(3)19(4)20-13-9-8-10-14-20;2*1-2/h8-17,25H,4,6-7H2,1-3,5H3;2*1-2H3/b18-17-,25-23?;;. The topological polar surface area (TPSA) is 23.9 Å². The van der Waals surface area contributed by atoms with Gasteiger partial charge in [-0.05, 0) is 53.5 Å². The molecule has 0 unspecified atom stereocenters. The first-order valence-corrected chi connectivity index (χ1v) is 11.0. The molecule has 0 saturated heterocycles. The number of nitrogens with one attached hydrogen (secondary N) is 1. The Bertz CT molecular complexity index is 777. The maximum absolute atomic E-state index is 8.67. The molecule has 0 amide bonds. The largest absolute Gasteiger partial charge is 0.300 e. The average Bonchev–Trinajstić information content (AvgIpc) is 2.81. The minimum Gasteiger partial charge on any atom is -0.300 e. The van der Waals surface area contributed by atoms with Crippen LogP contribution in [0.5, 0.6) is 0 Å². The van der Waals surface area contributed by atoms with Crippen LogP contribution in [0.15, 0.2) is 72.8 Å². The minimum atomic E-state index is 0.0983. The van der Waals surface area contributed by atoms with Gasteiger partial charge in [0.15, 0.2) is 0 Å². The van der Waals surface area contributed by atoms with Crippen molar-refractivity contribution in [3.05, 3.63) is 89.5 Å². The molecule has 158 valence electrons. The van der Waals surface area contributed by atoms with Crippen LogP contribution >= 0.6 is 0 Å². The van der Waals surface area contributed by atoms with Gasteiger partial charge in [-0.15, -0.1) is 0 Å². The Hall–Kier alpha value is -2.41. The molecule has 0 spiro atoms. The first-order chi connectivity index (χ1) is 13.9. The summed E-state index contributed by atoms with van der Waals surface area (Å²) in [6.07, 6.45) is 4.07. The van der Waals surface area contributed by atoms with E-state index in [9.17, 15) is 0 Å². The van der Waals surface area contributed by atoms with Crippen LogP contribution in [-0.4, -0.2) is 5.71 Å². The van der Waals surface area contributed by atoms with Gasteiger partial charge in [0.05, 0.1) is 5.71 Å². The SMILES string of the molecule is C=C(/C(C)=C\C(=N)c1ccccc1C(C)(CC)CC)c1ccccc1.CC.CC. The van der Waals surface area contributed by atoms with Gasteiger partial charge in [-0.25, -0.2) is 0 Å². The molecule has 1 nitrogen and oxygen atoms in total. The Labute approximate surface area is 180 Å². The zero-order valence-corrected chi connectivity index (χ0v) is 19.9. The third kappa shape index (κ3) is 7.16. The van der Waals surface area contributed by atoms with Gasteiger partial charge in [-0.2, -0.15) is 0 Å². The molecule has 0 aliphatic heterocycles. The number of hydrogen-bond acceptors (Lipinski definition) is 1. The van der Waals surface area contributed by atoms with Crippen molar-refractivity contribution in [1.29, 1.82) is 5.41 Å². The van der Waals surface area contributed by atoms with Crippen molar-refractivity contribution in [3.8, 4) is 0 Å². The van der Waals surface area contributed by atoms with Crippen LogP contribution in [0.25, 0.3) is 5.57 Å². The number of rotatable bonds is 7. The van der Waals surface area contributed by atoms with Crippen molar-refractivity contribution in [2.45, 2.75) is 73.6 Å². The monoisotopic (exact) mass is 391 g/mol. The van der Waals surface area contributed by atoms with Crippen molar-refractivity contribution in [2.75, 3.05) is 0 Å². The summed E-state index contributed by atoms with van der Waals surface area (Å²) in [5, 5.41) is 8.67. The molecule has 2 aromatic rings. The number of hydrogen-bond donors (Lipinski definition) is 1. The average molecular weight is 392 g/mol. The Morgan fingerprint density at radius 3 is 1.90 bits per heavy atom. The molecule has 29 heavy (non-hydrogen) atoms. The summed E-state index contributed by atoms with van der Waals surface area (Å²) in [4.78, 5) is 0. The van der Waals surface area contributed by atoms with Gasteiger partial charge in [0, 0.05) is 5.56 Å². The van der Waals surface area contributed by atoms with Crippen LogP contribution in [0.3, 0.4) is 0 Å². The Morgan fingerprint density at radius 2 is 1.38 bits per heavy atom. The van der Waals surface area contributed by atoms with E-state index in [4.69, 9.17) is 5.41 Å². The molecule has 1 N–H and O–H groups in total. The summed E-state index contributed by atoms with van der Waals surface area (Å²) in [6.45, 7) is 21.0. The van der Waals surface area contributed by atoms with Crippen LogP contribution in [0.1, 0.15) is 84.9 Å². The molecule has 1 heteroatoms. The van der Waals surface area contributed by atoms with Gasteiger partial charge in [0.25, 0.3) is 0 Å². The molecule has 0 fully saturated rings. The second-order valence-corrected chi connectivity index (χ2v) is 6.90. The predicted octanol–water partition coefficient (Wildman–Crippen LogP) is 8.84. The molecule has 0 heterocycles. The fraction of sp³-hybridized carbons (Fsp3) is 0.393. The third-order valence-electron chi connectivity index (χ3n) is 5.39. The van der Waals surface area contributed by atoms with Gasteiger partial charge in [0.1, 0.15) is 0 Å². The van der Waals surface area contributed by atoms with E-state index in [-0.39, 0.29) is 5.41 Å². The molecule has 0 aliphatic carbocycles. The normalized spacial score (nSPS) is 10.8. The van der Waals surface area contributed by atoms with Crippen molar-refractivity contribution < 1.29 is 0 Å². The van der Waals surface area contributed by atoms with Crippen molar-refractivity contribution in [2.24, 2.45) is 0 Å². The zero-order valence-electron chi connectivity index (χ0n) is 19.9. The van der Waals surface area contributed by atoms with E-state index >= 15 is 0 Å². The molecule has 0 atom stereocenters. The lowest BCUT2D eigenvalue weighted by molar-refractivity contribution is 0.438. The highest BCUT2D eigenvalue weighted by molar-refractivity contribution is 6.09. The quantitative estimate of drug-likeness (QED) is 0.360. The summed E-state index contributed by atoms with van der Waals surface area (Å²) in [5.41, 5.74) is 6.04. The second-order valence-electron chi connectivity index (χ2n) is 6.90. The highest BCUT2D eigenvalue weighted by atomic mass is 14.4. The minimum absolute atomic E-state index is 0.0983. The van der Waals surface area contributed by atoms with Crippen LogP contribution in [0, 0.1) is 5.41 Å². The lowest BCUT2D eigenvalue weighted by atomic mass is 9.75. The summed E-state index contributed by atoms with van der Waals surface area (Å²) >= 11 is 0. The summed E-state index contributed by atoms with van der Waals surface area (Å²) < 4.78 is 0.